The van der Waals surface area contributed by atoms with E-state index < -0.39 is 0 Å². The molecule has 1 aliphatic carbocycles. The number of ether oxygens (including phenoxy) is 1. The van der Waals surface area contributed by atoms with Crippen molar-refractivity contribution in [3.63, 3.8) is 0 Å². The average Bonchev–Trinajstić information content (AvgIpc) is 2.86. The van der Waals surface area contributed by atoms with E-state index in [-0.39, 0.29) is 5.54 Å². The molecule has 3 nitrogen and oxygen atoms in total. The summed E-state index contributed by atoms with van der Waals surface area (Å²) < 4.78 is 5.38. The molecular weight excluding hydrogens is 268 g/mol. The van der Waals surface area contributed by atoms with Crippen molar-refractivity contribution < 1.29 is 4.74 Å². The summed E-state index contributed by atoms with van der Waals surface area (Å²) in [5.41, 5.74) is 1.20. The van der Waals surface area contributed by atoms with E-state index in [9.17, 15) is 0 Å². The van der Waals surface area contributed by atoms with Crippen LogP contribution in [0.5, 0.6) is 5.75 Å². The average molecular weight is 290 g/mol. The molecule has 108 valence electrons. The van der Waals surface area contributed by atoms with Crippen LogP contribution >= 0.6 is 11.8 Å². The molecule has 0 radical (unpaired) electrons. The zero-order valence-electron chi connectivity index (χ0n) is 12.2. The van der Waals surface area contributed by atoms with Gasteiger partial charge in [0.2, 0.25) is 0 Å². The van der Waals surface area contributed by atoms with Gasteiger partial charge in [0.25, 0.3) is 0 Å². The Bertz CT molecular complexity index is 507. The Kier molecular flexibility index (Phi) is 3.92. The monoisotopic (exact) mass is 290 g/mol. The third-order valence-electron chi connectivity index (χ3n) is 4.37. The first kappa shape index (κ1) is 13.8. The highest BCUT2D eigenvalue weighted by atomic mass is 32.2. The Hall–Kier alpha value is -1.16. The van der Waals surface area contributed by atoms with E-state index in [1.54, 1.807) is 7.11 Å². The van der Waals surface area contributed by atoms with E-state index in [2.05, 4.69) is 12.2 Å². The molecule has 1 heterocycles. The second kappa shape index (κ2) is 5.68. The van der Waals surface area contributed by atoms with Crippen LogP contribution in [0, 0.1) is 5.92 Å². The van der Waals surface area contributed by atoms with E-state index in [1.165, 1.54) is 25.7 Å². The first-order valence-corrected chi connectivity index (χ1v) is 8.32. The zero-order chi connectivity index (χ0) is 14.0. The van der Waals surface area contributed by atoms with Crippen LogP contribution < -0.4 is 10.1 Å². The Morgan fingerprint density at radius 1 is 1.30 bits per heavy atom. The first-order valence-electron chi connectivity index (χ1n) is 7.33. The summed E-state index contributed by atoms with van der Waals surface area (Å²) in [6, 6.07) is 8.01. The molecule has 1 spiro atoms. The van der Waals surface area contributed by atoms with E-state index >= 15 is 0 Å². The van der Waals surface area contributed by atoms with Crippen LogP contribution in [0.25, 0.3) is 0 Å². The molecule has 1 fully saturated rings. The van der Waals surface area contributed by atoms with Gasteiger partial charge in [0.1, 0.15) is 5.75 Å². The standard InChI is InChI=1S/C16H22N2OS/c1-12-7-9-16(10-8-12)11-20-15(18-16)17-13-5-3-4-6-14(13)19-2/h3-6,12H,7-11H2,1-2H3,(H,17,18). The number of methoxy groups -OCH3 is 1. The van der Waals surface area contributed by atoms with Crippen molar-refractivity contribution >= 4 is 22.6 Å². The SMILES string of the molecule is COc1ccccc1NC1=NC2(CCC(C)CC2)CS1. The van der Waals surface area contributed by atoms with Gasteiger partial charge in [-0.15, -0.1) is 0 Å². The maximum absolute atomic E-state index is 5.38. The number of aliphatic imine (C=N–C) groups is 1. The lowest BCUT2D eigenvalue weighted by molar-refractivity contribution is 0.273. The number of nitrogens with one attached hydrogen (secondary N) is 1. The number of anilines is 1. The predicted octanol–water partition coefficient (Wildman–Crippen LogP) is 4.16. The number of hydrogen-bond donors (Lipinski definition) is 1. The van der Waals surface area contributed by atoms with Crippen molar-refractivity contribution in [2.24, 2.45) is 10.9 Å². The summed E-state index contributed by atoms with van der Waals surface area (Å²) in [5, 5.41) is 4.48. The second-order valence-electron chi connectivity index (χ2n) is 5.94. The number of nitrogens with zero attached hydrogens (tertiary/aromatic N) is 1. The number of benzene rings is 1. The largest absolute Gasteiger partial charge is 0.495 e. The lowest BCUT2D eigenvalue weighted by Gasteiger charge is -2.32. The van der Waals surface area contributed by atoms with Crippen molar-refractivity contribution in [2.75, 3.05) is 18.2 Å². The Morgan fingerprint density at radius 3 is 2.80 bits per heavy atom. The fraction of sp³-hybridized carbons (Fsp3) is 0.562. The van der Waals surface area contributed by atoms with Crippen LogP contribution in [0.3, 0.4) is 0 Å². The van der Waals surface area contributed by atoms with Crippen LogP contribution in [0.1, 0.15) is 32.6 Å². The molecule has 0 amide bonds. The first-order chi connectivity index (χ1) is 9.71. The van der Waals surface area contributed by atoms with Gasteiger partial charge in [-0.25, -0.2) is 0 Å². The number of thioether (sulfide) groups is 1. The van der Waals surface area contributed by atoms with Crippen molar-refractivity contribution in [3.8, 4) is 5.75 Å². The minimum atomic E-state index is 0.196. The van der Waals surface area contributed by atoms with Crippen molar-refractivity contribution in [2.45, 2.75) is 38.1 Å². The number of hydrogen-bond acceptors (Lipinski definition) is 4. The van der Waals surface area contributed by atoms with Crippen LogP contribution in [-0.4, -0.2) is 23.6 Å². The summed E-state index contributed by atoms with van der Waals surface area (Å²) in [6.07, 6.45) is 5.09. The molecule has 20 heavy (non-hydrogen) atoms. The van der Waals surface area contributed by atoms with Crippen molar-refractivity contribution in [3.05, 3.63) is 24.3 Å². The molecule has 0 unspecified atom stereocenters. The highest BCUT2D eigenvalue weighted by Crippen LogP contribution is 2.42. The zero-order valence-corrected chi connectivity index (χ0v) is 13.0. The molecule has 1 saturated carbocycles. The fourth-order valence-electron chi connectivity index (χ4n) is 2.97. The van der Waals surface area contributed by atoms with Crippen LogP contribution in [-0.2, 0) is 0 Å². The normalized spacial score (nSPS) is 29.3. The minimum absolute atomic E-state index is 0.196. The molecule has 4 heteroatoms. The predicted molar refractivity (Wildman–Crippen MR) is 86.9 cm³/mol. The second-order valence-corrected chi connectivity index (χ2v) is 6.90. The van der Waals surface area contributed by atoms with Gasteiger partial charge in [0, 0.05) is 5.75 Å². The van der Waals surface area contributed by atoms with Crippen LogP contribution in [0.4, 0.5) is 5.69 Å². The Labute approximate surface area is 125 Å². The summed E-state index contributed by atoms with van der Waals surface area (Å²) in [7, 11) is 1.70. The maximum atomic E-state index is 5.38. The van der Waals surface area contributed by atoms with Crippen LogP contribution in [0.2, 0.25) is 0 Å². The molecule has 0 aromatic heterocycles. The quantitative estimate of drug-likeness (QED) is 0.888. The van der Waals surface area contributed by atoms with Crippen molar-refractivity contribution in [1.29, 1.82) is 0 Å². The Morgan fingerprint density at radius 2 is 2.05 bits per heavy atom. The molecule has 1 N–H and O–H groups in total. The van der Waals surface area contributed by atoms with E-state index in [4.69, 9.17) is 9.73 Å². The number of para-hydroxylation sites is 2. The lowest BCUT2D eigenvalue weighted by Crippen LogP contribution is -2.32. The van der Waals surface area contributed by atoms with Gasteiger partial charge >= 0.3 is 0 Å². The number of rotatable bonds is 2. The van der Waals surface area contributed by atoms with Gasteiger partial charge < -0.3 is 10.1 Å². The lowest BCUT2D eigenvalue weighted by atomic mass is 9.79. The molecule has 0 atom stereocenters. The summed E-state index contributed by atoms with van der Waals surface area (Å²) >= 11 is 1.85. The fourth-order valence-corrected chi connectivity index (χ4v) is 4.16. The molecular formula is C16H22N2OS. The molecule has 2 aliphatic rings. The Balaban J connectivity index is 1.72. The molecule has 1 aromatic rings. The van der Waals surface area contributed by atoms with Gasteiger partial charge in [0.05, 0.1) is 18.3 Å². The van der Waals surface area contributed by atoms with Gasteiger partial charge in [0.15, 0.2) is 5.17 Å². The topological polar surface area (TPSA) is 33.6 Å². The molecule has 0 saturated heterocycles. The van der Waals surface area contributed by atoms with E-state index in [0.717, 1.165) is 28.3 Å². The van der Waals surface area contributed by atoms with E-state index in [1.807, 2.05) is 36.0 Å². The molecule has 3 rings (SSSR count). The summed E-state index contributed by atoms with van der Waals surface area (Å²) in [4.78, 5) is 5.00. The highest BCUT2D eigenvalue weighted by Gasteiger charge is 2.38. The van der Waals surface area contributed by atoms with Gasteiger partial charge in [-0.1, -0.05) is 30.8 Å². The van der Waals surface area contributed by atoms with E-state index in [0.29, 0.717) is 0 Å². The third-order valence-corrected chi connectivity index (χ3v) is 5.52. The summed E-state index contributed by atoms with van der Waals surface area (Å²) in [6.45, 7) is 2.35. The molecule has 0 bridgehead atoms. The maximum Gasteiger partial charge on any atom is 0.161 e. The molecule has 1 aromatic carbocycles. The minimum Gasteiger partial charge on any atom is -0.495 e. The van der Waals surface area contributed by atoms with Gasteiger partial charge in [-0.2, -0.15) is 0 Å². The van der Waals surface area contributed by atoms with Crippen molar-refractivity contribution in [1.82, 2.24) is 0 Å². The molecule has 1 aliphatic heterocycles. The third kappa shape index (κ3) is 2.80. The number of amidine groups is 1. The van der Waals surface area contributed by atoms with Crippen LogP contribution in [0.15, 0.2) is 29.3 Å². The van der Waals surface area contributed by atoms with Gasteiger partial charge in [-0.3, -0.25) is 4.99 Å². The van der Waals surface area contributed by atoms with Gasteiger partial charge in [-0.05, 0) is 43.7 Å². The highest BCUT2D eigenvalue weighted by molar-refractivity contribution is 8.14. The smallest absolute Gasteiger partial charge is 0.161 e. The summed E-state index contributed by atoms with van der Waals surface area (Å²) in [5.74, 6) is 2.86.